The van der Waals surface area contributed by atoms with Crippen molar-refractivity contribution >= 4 is 53.4 Å². The summed E-state index contributed by atoms with van der Waals surface area (Å²) < 4.78 is 0. The zero-order valence-corrected chi connectivity index (χ0v) is 16.3. The van der Waals surface area contributed by atoms with Gasteiger partial charge in [0.1, 0.15) is 9.88 Å². The van der Waals surface area contributed by atoms with Gasteiger partial charge in [-0.2, -0.15) is 0 Å². The first kappa shape index (κ1) is 20.4. The molecule has 0 aliphatic carbocycles. The van der Waals surface area contributed by atoms with Crippen LogP contribution in [0.3, 0.4) is 0 Å². The Morgan fingerprint density at radius 3 is 2.78 bits per heavy atom. The van der Waals surface area contributed by atoms with Gasteiger partial charge in [0.05, 0.1) is 10.6 Å². The molecule has 1 unspecified atom stereocenters. The molecule has 3 heterocycles. The second kappa shape index (κ2) is 7.94. The van der Waals surface area contributed by atoms with E-state index in [1.165, 1.54) is 11.3 Å². The minimum Gasteiger partial charge on any atom is -0.337 e. The van der Waals surface area contributed by atoms with Crippen molar-refractivity contribution in [3.63, 3.8) is 0 Å². The van der Waals surface area contributed by atoms with Crippen LogP contribution in [0.25, 0.3) is 9.88 Å². The summed E-state index contributed by atoms with van der Waals surface area (Å²) in [5.74, 6) is 0.102. The van der Waals surface area contributed by atoms with Gasteiger partial charge in [0.15, 0.2) is 0 Å². The summed E-state index contributed by atoms with van der Waals surface area (Å²) >= 11 is 3.15. The molecule has 2 aromatic rings. The topological polar surface area (TPSA) is 59.2 Å². The van der Waals surface area contributed by atoms with Crippen LogP contribution in [-0.4, -0.2) is 35.4 Å². The molecule has 1 aliphatic heterocycles. The third-order valence-corrected chi connectivity index (χ3v) is 6.25. The molecular weight excluding hydrogens is 373 g/mol. The van der Waals surface area contributed by atoms with Gasteiger partial charge in [-0.3, -0.25) is 4.79 Å². The van der Waals surface area contributed by atoms with E-state index in [2.05, 4.69) is 11.9 Å². The van der Waals surface area contributed by atoms with Crippen LogP contribution in [-0.2, 0) is 0 Å². The van der Waals surface area contributed by atoms with Crippen molar-refractivity contribution in [2.24, 2.45) is 11.1 Å². The summed E-state index contributed by atoms with van der Waals surface area (Å²) in [5, 5.41) is 2.97. The molecule has 0 radical (unpaired) electrons. The lowest BCUT2D eigenvalue weighted by Crippen LogP contribution is -2.34. The van der Waals surface area contributed by atoms with Crippen molar-refractivity contribution in [2.45, 2.75) is 20.3 Å². The number of halogens is 2. The van der Waals surface area contributed by atoms with Crippen LogP contribution >= 0.6 is 47.5 Å². The van der Waals surface area contributed by atoms with Gasteiger partial charge in [-0.25, -0.2) is 4.98 Å². The van der Waals surface area contributed by atoms with E-state index in [4.69, 9.17) is 5.73 Å². The van der Waals surface area contributed by atoms with Crippen molar-refractivity contribution in [3.05, 3.63) is 28.1 Å². The number of hydrogen-bond donors (Lipinski definition) is 1. The first-order chi connectivity index (χ1) is 10.0. The second-order valence-corrected chi connectivity index (χ2v) is 7.85. The number of aromatic nitrogens is 1. The fourth-order valence-electron chi connectivity index (χ4n) is 2.61. The van der Waals surface area contributed by atoms with Crippen molar-refractivity contribution in [1.82, 2.24) is 9.88 Å². The van der Waals surface area contributed by atoms with Crippen LogP contribution < -0.4 is 5.73 Å². The summed E-state index contributed by atoms with van der Waals surface area (Å²) in [5.41, 5.74) is 6.71. The lowest BCUT2D eigenvalue weighted by molar-refractivity contribution is 0.0780. The number of hydrogen-bond acceptors (Lipinski definition) is 5. The molecule has 0 aromatic carbocycles. The van der Waals surface area contributed by atoms with Gasteiger partial charge >= 0.3 is 0 Å². The summed E-state index contributed by atoms with van der Waals surface area (Å²) in [4.78, 5) is 21.1. The maximum Gasteiger partial charge on any atom is 0.265 e. The molecule has 23 heavy (non-hydrogen) atoms. The number of amides is 1. The standard InChI is InChI=1S/C15H19N3OS2.2ClH/c1-10-12(21-13(17-10)11-4-3-7-20-11)14(19)18-6-5-15(2,8-16)9-18;;/h3-4,7H,5-6,8-9,16H2,1-2H3;2*1H. The number of thiazole rings is 1. The molecule has 0 saturated carbocycles. The Balaban J connectivity index is 0.00000132. The Labute approximate surface area is 156 Å². The van der Waals surface area contributed by atoms with Crippen LogP contribution in [0.4, 0.5) is 0 Å². The Bertz CT molecular complexity index is 660. The Hall–Kier alpha value is -0.660. The van der Waals surface area contributed by atoms with Gasteiger partial charge in [0, 0.05) is 13.1 Å². The van der Waals surface area contributed by atoms with Crippen LogP contribution in [0.1, 0.15) is 28.7 Å². The van der Waals surface area contributed by atoms with Gasteiger partial charge in [0.2, 0.25) is 0 Å². The zero-order valence-electron chi connectivity index (χ0n) is 13.1. The van der Waals surface area contributed by atoms with Crippen LogP contribution in [0.2, 0.25) is 0 Å². The van der Waals surface area contributed by atoms with E-state index >= 15 is 0 Å². The van der Waals surface area contributed by atoms with Crippen molar-refractivity contribution < 1.29 is 4.79 Å². The maximum absolute atomic E-state index is 12.7. The maximum atomic E-state index is 12.7. The fourth-order valence-corrected chi connectivity index (χ4v) is 4.44. The van der Waals surface area contributed by atoms with E-state index in [0.717, 1.165) is 40.0 Å². The van der Waals surface area contributed by atoms with Gasteiger partial charge in [0.25, 0.3) is 5.91 Å². The third-order valence-electron chi connectivity index (χ3n) is 4.06. The van der Waals surface area contributed by atoms with Gasteiger partial charge in [-0.1, -0.05) is 13.0 Å². The minimum absolute atomic E-state index is 0. The van der Waals surface area contributed by atoms with E-state index in [1.807, 2.05) is 29.3 Å². The average molecular weight is 394 g/mol. The summed E-state index contributed by atoms with van der Waals surface area (Å²) in [6.45, 7) is 6.22. The summed E-state index contributed by atoms with van der Waals surface area (Å²) in [6.07, 6.45) is 0.977. The molecule has 0 spiro atoms. The molecule has 3 rings (SSSR count). The Kier molecular flexibility index (Phi) is 7.04. The molecular formula is C15H21Cl2N3OS2. The van der Waals surface area contributed by atoms with E-state index in [0.29, 0.717) is 6.54 Å². The number of nitrogens with two attached hydrogens (primary N) is 1. The highest BCUT2D eigenvalue weighted by molar-refractivity contribution is 7.22. The molecule has 2 aromatic heterocycles. The number of carbonyl (C=O) groups is 1. The molecule has 8 heteroatoms. The highest BCUT2D eigenvalue weighted by atomic mass is 35.5. The van der Waals surface area contributed by atoms with E-state index in [-0.39, 0.29) is 36.1 Å². The minimum atomic E-state index is 0. The third kappa shape index (κ3) is 4.06. The lowest BCUT2D eigenvalue weighted by Gasteiger charge is -2.22. The Morgan fingerprint density at radius 1 is 1.48 bits per heavy atom. The average Bonchev–Trinajstić information content (AvgIpc) is 3.17. The van der Waals surface area contributed by atoms with E-state index < -0.39 is 0 Å². The van der Waals surface area contributed by atoms with Crippen LogP contribution in [0, 0.1) is 12.3 Å². The number of nitrogens with zero attached hydrogens (tertiary/aromatic N) is 2. The van der Waals surface area contributed by atoms with Gasteiger partial charge < -0.3 is 10.6 Å². The molecule has 2 N–H and O–H groups in total. The first-order valence-corrected chi connectivity index (χ1v) is 8.73. The van der Waals surface area contributed by atoms with Crippen LogP contribution in [0.5, 0.6) is 0 Å². The molecule has 1 fully saturated rings. The zero-order chi connectivity index (χ0) is 15.0. The van der Waals surface area contributed by atoms with Gasteiger partial charge in [-0.15, -0.1) is 47.5 Å². The summed E-state index contributed by atoms with van der Waals surface area (Å²) in [6, 6.07) is 4.05. The number of thiophene rings is 1. The highest BCUT2D eigenvalue weighted by Crippen LogP contribution is 2.34. The molecule has 1 amide bonds. The van der Waals surface area contributed by atoms with Crippen molar-refractivity contribution in [3.8, 4) is 9.88 Å². The predicted octanol–water partition coefficient (Wildman–Crippen LogP) is 3.83. The monoisotopic (exact) mass is 393 g/mol. The molecule has 128 valence electrons. The fraction of sp³-hybridized carbons (Fsp3) is 0.467. The molecule has 1 aliphatic rings. The van der Waals surface area contributed by atoms with Crippen molar-refractivity contribution in [1.29, 1.82) is 0 Å². The number of carbonyl (C=O) groups excluding carboxylic acids is 1. The smallest absolute Gasteiger partial charge is 0.265 e. The molecule has 4 nitrogen and oxygen atoms in total. The number of aryl methyl sites for hydroxylation is 1. The van der Waals surface area contributed by atoms with E-state index in [1.54, 1.807) is 11.3 Å². The Morgan fingerprint density at radius 2 is 2.22 bits per heavy atom. The van der Waals surface area contributed by atoms with Crippen molar-refractivity contribution in [2.75, 3.05) is 19.6 Å². The number of rotatable bonds is 3. The first-order valence-electron chi connectivity index (χ1n) is 7.03. The highest BCUT2D eigenvalue weighted by Gasteiger charge is 2.36. The largest absolute Gasteiger partial charge is 0.337 e. The molecule has 0 bridgehead atoms. The van der Waals surface area contributed by atoms with Crippen LogP contribution in [0.15, 0.2) is 17.5 Å². The lowest BCUT2D eigenvalue weighted by atomic mass is 9.90. The van der Waals surface area contributed by atoms with Gasteiger partial charge in [-0.05, 0) is 36.8 Å². The number of likely N-dealkylation sites (tertiary alicyclic amines) is 1. The normalized spacial score (nSPS) is 20.0. The molecule has 1 saturated heterocycles. The predicted molar refractivity (Wildman–Crippen MR) is 102 cm³/mol. The SMILES string of the molecule is Cc1nc(-c2cccs2)sc1C(=O)N1CCC(C)(CN)C1.Cl.Cl. The second-order valence-electron chi connectivity index (χ2n) is 5.90. The summed E-state index contributed by atoms with van der Waals surface area (Å²) in [7, 11) is 0. The molecule has 1 atom stereocenters. The quantitative estimate of drug-likeness (QED) is 0.861. The van der Waals surface area contributed by atoms with E-state index in [9.17, 15) is 4.79 Å².